The Bertz CT molecular complexity index is 400. The Morgan fingerprint density at radius 3 is 2.22 bits per heavy atom. The maximum absolute atomic E-state index is 13.8. The minimum absolute atomic E-state index is 0.362. The van der Waals surface area contributed by atoms with Gasteiger partial charge in [0.2, 0.25) is 0 Å². The van der Waals surface area contributed by atoms with Crippen molar-refractivity contribution in [3.63, 3.8) is 0 Å². The van der Waals surface area contributed by atoms with Crippen LogP contribution in [-0.2, 0) is 11.8 Å². The third-order valence-electron chi connectivity index (χ3n) is 3.14. The molecule has 0 nitrogen and oxygen atoms in total. The summed E-state index contributed by atoms with van der Waals surface area (Å²) in [4.78, 5) is 0. The van der Waals surface area contributed by atoms with E-state index in [4.69, 9.17) is 0 Å². The monoisotopic (exact) mass is 254 g/mol. The first-order valence-corrected chi connectivity index (χ1v) is 6.70. The molecule has 0 atom stereocenters. The standard InChI is InChI=1S/C16H24F2/c1-11(2)7-6-8-12-9-13(16(3,4)5)15(18)14(17)10-12/h9-11H,6-8H2,1-5H3. The molecule has 18 heavy (non-hydrogen) atoms. The van der Waals surface area contributed by atoms with Crippen LogP contribution in [0.15, 0.2) is 12.1 Å². The predicted octanol–water partition coefficient (Wildman–Crippen LogP) is 5.24. The lowest BCUT2D eigenvalue weighted by Gasteiger charge is -2.21. The first-order valence-electron chi connectivity index (χ1n) is 6.70. The molecule has 0 saturated carbocycles. The van der Waals surface area contributed by atoms with Crippen molar-refractivity contribution in [2.75, 3.05) is 0 Å². The normalized spacial score (nSPS) is 12.2. The summed E-state index contributed by atoms with van der Waals surface area (Å²) >= 11 is 0. The summed E-state index contributed by atoms with van der Waals surface area (Å²) in [5.74, 6) is -0.769. The lowest BCUT2D eigenvalue weighted by atomic mass is 9.85. The lowest BCUT2D eigenvalue weighted by Crippen LogP contribution is -2.15. The molecule has 0 N–H and O–H groups in total. The molecule has 102 valence electrons. The topological polar surface area (TPSA) is 0 Å². The molecule has 0 aliphatic rings. The minimum atomic E-state index is -0.720. The molecule has 0 bridgehead atoms. The second-order valence-electron chi connectivity index (χ2n) is 6.48. The van der Waals surface area contributed by atoms with Gasteiger partial charge in [-0.05, 0) is 41.4 Å². The van der Waals surface area contributed by atoms with Gasteiger partial charge in [-0.2, -0.15) is 0 Å². The highest BCUT2D eigenvalue weighted by Gasteiger charge is 2.21. The number of benzene rings is 1. The molecule has 0 amide bonds. The molecule has 1 aromatic rings. The molecule has 0 heterocycles. The molecular formula is C16H24F2. The van der Waals surface area contributed by atoms with Gasteiger partial charge in [0.15, 0.2) is 11.6 Å². The number of aryl methyl sites for hydroxylation is 1. The van der Waals surface area contributed by atoms with Crippen molar-refractivity contribution in [1.82, 2.24) is 0 Å². The molecular weight excluding hydrogens is 230 g/mol. The van der Waals surface area contributed by atoms with Crippen LogP contribution in [0.5, 0.6) is 0 Å². The van der Waals surface area contributed by atoms with Crippen molar-refractivity contribution in [3.05, 3.63) is 34.9 Å². The Morgan fingerprint density at radius 2 is 1.72 bits per heavy atom. The largest absolute Gasteiger partial charge is 0.204 e. The highest BCUT2D eigenvalue weighted by atomic mass is 19.2. The third kappa shape index (κ3) is 4.08. The summed E-state index contributed by atoms with van der Waals surface area (Å²) in [6.45, 7) is 10.1. The molecule has 0 radical (unpaired) electrons. The summed E-state index contributed by atoms with van der Waals surface area (Å²) in [7, 11) is 0. The molecule has 0 fully saturated rings. The molecule has 0 saturated heterocycles. The van der Waals surface area contributed by atoms with Gasteiger partial charge in [0.1, 0.15) is 0 Å². The minimum Gasteiger partial charge on any atom is -0.204 e. The van der Waals surface area contributed by atoms with Crippen LogP contribution in [0.25, 0.3) is 0 Å². The van der Waals surface area contributed by atoms with Crippen molar-refractivity contribution in [2.45, 2.75) is 59.3 Å². The van der Waals surface area contributed by atoms with Crippen molar-refractivity contribution in [1.29, 1.82) is 0 Å². The zero-order valence-electron chi connectivity index (χ0n) is 12.1. The third-order valence-corrected chi connectivity index (χ3v) is 3.14. The fourth-order valence-electron chi connectivity index (χ4n) is 2.05. The molecule has 1 aromatic carbocycles. The second kappa shape index (κ2) is 5.81. The molecule has 0 aromatic heterocycles. The van der Waals surface area contributed by atoms with Crippen LogP contribution in [0.1, 0.15) is 58.6 Å². The Morgan fingerprint density at radius 1 is 1.11 bits per heavy atom. The zero-order valence-corrected chi connectivity index (χ0v) is 12.1. The van der Waals surface area contributed by atoms with Gasteiger partial charge < -0.3 is 0 Å². The SMILES string of the molecule is CC(C)CCCc1cc(F)c(F)c(C(C)(C)C)c1. The zero-order chi connectivity index (χ0) is 13.9. The lowest BCUT2D eigenvalue weighted by molar-refractivity contribution is 0.462. The molecule has 0 spiro atoms. The Hall–Kier alpha value is -0.920. The van der Waals surface area contributed by atoms with E-state index in [1.54, 1.807) is 0 Å². The molecule has 0 unspecified atom stereocenters. The fraction of sp³-hybridized carbons (Fsp3) is 0.625. The smallest absolute Gasteiger partial charge is 0.162 e. The van der Waals surface area contributed by atoms with Gasteiger partial charge in [-0.25, -0.2) is 8.78 Å². The molecule has 2 heteroatoms. The fourth-order valence-corrected chi connectivity index (χ4v) is 2.05. The van der Waals surface area contributed by atoms with Gasteiger partial charge in [0, 0.05) is 0 Å². The molecule has 0 aliphatic carbocycles. The van der Waals surface area contributed by atoms with Crippen molar-refractivity contribution in [2.24, 2.45) is 5.92 Å². The average molecular weight is 254 g/mol. The summed E-state index contributed by atoms with van der Waals surface area (Å²) < 4.78 is 27.3. The highest BCUT2D eigenvalue weighted by Crippen LogP contribution is 2.28. The van der Waals surface area contributed by atoms with Gasteiger partial charge in [0.05, 0.1) is 0 Å². The number of halogens is 2. The summed E-state index contributed by atoms with van der Waals surface area (Å²) in [5.41, 5.74) is 1.01. The molecule has 1 rings (SSSR count). The van der Waals surface area contributed by atoms with E-state index in [1.807, 2.05) is 26.8 Å². The van der Waals surface area contributed by atoms with E-state index in [1.165, 1.54) is 6.07 Å². The van der Waals surface area contributed by atoms with Gasteiger partial charge in [-0.15, -0.1) is 0 Å². The average Bonchev–Trinajstić information content (AvgIpc) is 2.20. The maximum atomic E-state index is 13.8. The predicted molar refractivity (Wildman–Crippen MR) is 72.8 cm³/mol. The Kier molecular flexibility index (Phi) is 4.89. The summed E-state index contributed by atoms with van der Waals surface area (Å²) in [6, 6.07) is 3.16. The van der Waals surface area contributed by atoms with E-state index in [9.17, 15) is 8.78 Å². The van der Waals surface area contributed by atoms with Crippen LogP contribution in [-0.4, -0.2) is 0 Å². The molecule has 0 aliphatic heterocycles. The first-order chi connectivity index (χ1) is 8.21. The number of hydrogen-bond acceptors (Lipinski definition) is 0. The van der Waals surface area contributed by atoms with Crippen LogP contribution in [0.2, 0.25) is 0 Å². The van der Waals surface area contributed by atoms with E-state index >= 15 is 0 Å². The number of rotatable bonds is 4. The van der Waals surface area contributed by atoms with Crippen molar-refractivity contribution >= 4 is 0 Å². The summed E-state index contributed by atoms with van der Waals surface area (Å²) in [6.07, 6.45) is 2.95. The van der Waals surface area contributed by atoms with Gasteiger partial charge >= 0.3 is 0 Å². The van der Waals surface area contributed by atoms with Gasteiger partial charge in [-0.3, -0.25) is 0 Å². The second-order valence-corrected chi connectivity index (χ2v) is 6.48. The van der Waals surface area contributed by atoms with Crippen LogP contribution in [0.3, 0.4) is 0 Å². The van der Waals surface area contributed by atoms with Gasteiger partial charge in [0.25, 0.3) is 0 Å². The van der Waals surface area contributed by atoms with Crippen molar-refractivity contribution < 1.29 is 8.78 Å². The van der Waals surface area contributed by atoms with Crippen LogP contribution in [0.4, 0.5) is 8.78 Å². The Labute approximate surface area is 109 Å². The highest BCUT2D eigenvalue weighted by molar-refractivity contribution is 5.31. The first kappa shape index (κ1) is 15.1. The van der Waals surface area contributed by atoms with E-state index in [0.717, 1.165) is 24.8 Å². The van der Waals surface area contributed by atoms with Gasteiger partial charge in [-0.1, -0.05) is 47.1 Å². The van der Waals surface area contributed by atoms with E-state index in [-0.39, 0.29) is 5.41 Å². The maximum Gasteiger partial charge on any atom is 0.162 e. The Balaban J connectivity index is 2.91. The van der Waals surface area contributed by atoms with Crippen LogP contribution >= 0.6 is 0 Å². The van der Waals surface area contributed by atoms with E-state index in [2.05, 4.69) is 13.8 Å². The van der Waals surface area contributed by atoms with E-state index < -0.39 is 11.6 Å². The number of hydrogen-bond donors (Lipinski definition) is 0. The van der Waals surface area contributed by atoms with E-state index in [0.29, 0.717) is 11.5 Å². The van der Waals surface area contributed by atoms with Crippen molar-refractivity contribution in [3.8, 4) is 0 Å². The van der Waals surface area contributed by atoms with Crippen LogP contribution in [0, 0.1) is 17.6 Å². The quantitative estimate of drug-likeness (QED) is 0.689. The van der Waals surface area contributed by atoms with Crippen LogP contribution < -0.4 is 0 Å². The summed E-state index contributed by atoms with van der Waals surface area (Å²) in [5, 5.41) is 0.